The second-order valence-corrected chi connectivity index (χ2v) is 8.85. The molecule has 0 saturated carbocycles. The number of nitrogens with one attached hydrogen (secondary N) is 1. The molecule has 1 fully saturated rings. The number of carbonyl (C=O) groups is 1. The molecule has 1 aliphatic rings. The number of nitrogens with zero attached hydrogens (tertiary/aromatic N) is 1. The molecule has 1 amide bonds. The summed E-state index contributed by atoms with van der Waals surface area (Å²) in [5, 5.41) is 0. The van der Waals surface area contributed by atoms with Crippen molar-refractivity contribution in [3.8, 4) is 0 Å². The molecule has 25 heavy (non-hydrogen) atoms. The van der Waals surface area contributed by atoms with Crippen LogP contribution in [0.25, 0.3) is 0 Å². The molecule has 0 aromatic heterocycles. The first-order chi connectivity index (χ1) is 11.9. The van der Waals surface area contributed by atoms with Crippen molar-refractivity contribution >= 4 is 15.9 Å². The van der Waals surface area contributed by atoms with E-state index in [-0.39, 0.29) is 5.91 Å². The number of benzene rings is 1. The zero-order chi connectivity index (χ0) is 18.3. The van der Waals surface area contributed by atoms with Gasteiger partial charge in [-0.2, -0.15) is 0 Å². The van der Waals surface area contributed by atoms with Gasteiger partial charge in [0.1, 0.15) is 0 Å². The fourth-order valence-electron chi connectivity index (χ4n) is 3.00. The highest BCUT2D eigenvalue weighted by Crippen LogP contribution is 2.17. The van der Waals surface area contributed by atoms with E-state index in [1.807, 2.05) is 11.8 Å². The van der Waals surface area contributed by atoms with Gasteiger partial charge in [-0.25, -0.2) is 13.1 Å². The van der Waals surface area contributed by atoms with E-state index in [9.17, 15) is 13.2 Å². The van der Waals surface area contributed by atoms with Crippen molar-refractivity contribution in [1.82, 2.24) is 9.62 Å². The van der Waals surface area contributed by atoms with Gasteiger partial charge in [0.05, 0.1) is 4.90 Å². The van der Waals surface area contributed by atoms with Crippen molar-refractivity contribution < 1.29 is 13.2 Å². The van der Waals surface area contributed by atoms with E-state index in [0.29, 0.717) is 17.9 Å². The van der Waals surface area contributed by atoms with Crippen molar-refractivity contribution in [1.29, 1.82) is 0 Å². The number of aryl methyl sites for hydroxylation is 1. The van der Waals surface area contributed by atoms with E-state index < -0.39 is 10.0 Å². The normalized spacial score (nSPS) is 16.2. The molecule has 0 bridgehead atoms. The lowest BCUT2D eigenvalue weighted by molar-refractivity contribution is -0.132. The Balaban J connectivity index is 1.61. The summed E-state index contributed by atoms with van der Waals surface area (Å²) in [4.78, 5) is 14.4. The second kappa shape index (κ2) is 9.34. The first-order valence-corrected chi connectivity index (χ1v) is 10.7. The van der Waals surface area contributed by atoms with Crippen LogP contribution in [0.5, 0.6) is 0 Å². The van der Waals surface area contributed by atoms with Gasteiger partial charge in [-0.15, -0.1) is 0 Å². The molecule has 1 aromatic rings. The van der Waals surface area contributed by atoms with Crippen molar-refractivity contribution in [3.05, 3.63) is 29.8 Å². The van der Waals surface area contributed by atoms with Crippen LogP contribution in [0.4, 0.5) is 0 Å². The monoisotopic (exact) mass is 366 g/mol. The molecule has 0 aliphatic carbocycles. The number of likely N-dealkylation sites (tertiary alicyclic amines) is 1. The number of piperidine rings is 1. The Morgan fingerprint density at radius 3 is 2.40 bits per heavy atom. The Hall–Kier alpha value is -1.40. The zero-order valence-corrected chi connectivity index (χ0v) is 16.1. The Labute approximate surface area is 151 Å². The summed E-state index contributed by atoms with van der Waals surface area (Å²) in [6.07, 6.45) is 5.19. The molecule has 0 spiro atoms. The first kappa shape index (κ1) is 19.9. The zero-order valence-electron chi connectivity index (χ0n) is 15.3. The van der Waals surface area contributed by atoms with E-state index in [0.717, 1.165) is 56.7 Å². The van der Waals surface area contributed by atoms with Crippen molar-refractivity contribution in [3.63, 3.8) is 0 Å². The summed E-state index contributed by atoms with van der Waals surface area (Å²) in [6.45, 7) is 6.34. The van der Waals surface area contributed by atoms with Gasteiger partial charge in [0, 0.05) is 26.1 Å². The average Bonchev–Trinajstić information content (AvgIpc) is 2.58. The van der Waals surface area contributed by atoms with Crippen LogP contribution in [0.2, 0.25) is 0 Å². The second-order valence-electron chi connectivity index (χ2n) is 7.08. The van der Waals surface area contributed by atoms with Gasteiger partial charge in [0.2, 0.25) is 15.9 Å². The minimum absolute atomic E-state index is 0.243. The van der Waals surface area contributed by atoms with E-state index in [1.165, 1.54) is 0 Å². The number of unbranched alkanes of at least 4 members (excludes halogenated alkanes) is 2. The van der Waals surface area contributed by atoms with E-state index >= 15 is 0 Å². The predicted octanol–water partition coefficient (Wildman–Crippen LogP) is 3.09. The van der Waals surface area contributed by atoms with Gasteiger partial charge in [-0.3, -0.25) is 4.79 Å². The smallest absolute Gasteiger partial charge is 0.240 e. The third kappa shape index (κ3) is 6.44. The fraction of sp³-hybridized carbons (Fsp3) is 0.632. The van der Waals surface area contributed by atoms with Crippen molar-refractivity contribution in [2.75, 3.05) is 19.6 Å². The van der Waals surface area contributed by atoms with Crippen LogP contribution in [0.1, 0.15) is 51.0 Å². The number of sulfonamides is 1. The van der Waals surface area contributed by atoms with Crippen molar-refractivity contribution in [2.45, 2.75) is 57.3 Å². The van der Waals surface area contributed by atoms with E-state index in [4.69, 9.17) is 0 Å². The highest BCUT2D eigenvalue weighted by molar-refractivity contribution is 7.89. The lowest BCUT2D eigenvalue weighted by Gasteiger charge is -2.30. The molecule has 0 atom stereocenters. The maximum Gasteiger partial charge on any atom is 0.240 e. The standard InChI is InChI=1S/C19H30N2O3S/c1-16-7-9-18(10-8-16)25(23,24)20-13-5-3-4-6-19(22)21-14-11-17(2)12-15-21/h7-10,17,20H,3-6,11-15H2,1-2H3. The Bertz CT molecular complexity index is 648. The quantitative estimate of drug-likeness (QED) is 0.719. The highest BCUT2D eigenvalue weighted by atomic mass is 32.2. The maximum atomic E-state index is 12.1. The molecular weight excluding hydrogens is 336 g/mol. The van der Waals surface area contributed by atoms with Crippen LogP contribution in [0.15, 0.2) is 29.2 Å². The predicted molar refractivity (Wildman–Crippen MR) is 99.8 cm³/mol. The average molecular weight is 367 g/mol. The Morgan fingerprint density at radius 2 is 1.76 bits per heavy atom. The third-order valence-corrected chi connectivity index (χ3v) is 6.30. The molecule has 1 heterocycles. The minimum atomic E-state index is -3.43. The van der Waals surface area contributed by atoms with Gasteiger partial charge in [-0.05, 0) is 50.7 Å². The topological polar surface area (TPSA) is 66.5 Å². The number of rotatable bonds is 8. The molecular formula is C19H30N2O3S. The lowest BCUT2D eigenvalue weighted by Crippen LogP contribution is -2.37. The molecule has 0 unspecified atom stereocenters. The van der Waals surface area contributed by atoms with Crippen LogP contribution in [0.3, 0.4) is 0 Å². The number of amides is 1. The van der Waals surface area contributed by atoms with Gasteiger partial charge in [0.15, 0.2) is 0 Å². The van der Waals surface area contributed by atoms with Crippen molar-refractivity contribution in [2.24, 2.45) is 5.92 Å². The molecule has 5 nitrogen and oxygen atoms in total. The molecule has 2 rings (SSSR count). The largest absolute Gasteiger partial charge is 0.343 e. The highest BCUT2D eigenvalue weighted by Gasteiger charge is 2.19. The molecule has 1 aromatic carbocycles. The van der Waals surface area contributed by atoms with Gasteiger partial charge < -0.3 is 4.90 Å². The number of carbonyl (C=O) groups excluding carboxylic acids is 1. The molecule has 1 N–H and O–H groups in total. The summed E-state index contributed by atoms with van der Waals surface area (Å²) in [6, 6.07) is 6.83. The minimum Gasteiger partial charge on any atom is -0.343 e. The maximum absolute atomic E-state index is 12.1. The lowest BCUT2D eigenvalue weighted by atomic mass is 9.99. The van der Waals surface area contributed by atoms with E-state index in [2.05, 4.69) is 11.6 Å². The molecule has 1 aliphatic heterocycles. The fourth-order valence-corrected chi connectivity index (χ4v) is 4.08. The van der Waals surface area contributed by atoms with Gasteiger partial charge in [0.25, 0.3) is 0 Å². The van der Waals surface area contributed by atoms with Gasteiger partial charge in [-0.1, -0.05) is 31.0 Å². The van der Waals surface area contributed by atoms with Crippen LogP contribution in [0, 0.1) is 12.8 Å². The third-order valence-electron chi connectivity index (χ3n) is 4.83. The molecule has 0 radical (unpaired) electrons. The molecule has 6 heteroatoms. The molecule has 1 saturated heterocycles. The summed E-state index contributed by atoms with van der Waals surface area (Å²) in [7, 11) is -3.43. The first-order valence-electron chi connectivity index (χ1n) is 9.22. The number of hydrogen-bond donors (Lipinski definition) is 1. The summed E-state index contributed by atoms with van der Waals surface area (Å²) < 4.78 is 26.9. The van der Waals surface area contributed by atoms with Gasteiger partial charge >= 0.3 is 0 Å². The van der Waals surface area contributed by atoms with E-state index in [1.54, 1.807) is 24.3 Å². The SMILES string of the molecule is Cc1ccc(S(=O)(=O)NCCCCCC(=O)N2CCC(C)CC2)cc1. The summed E-state index contributed by atoms with van der Waals surface area (Å²) in [5.74, 6) is 0.970. The summed E-state index contributed by atoms with van der Waals surface area (Å²) in [5.41, 5.74) is 1.03. The Kier molecular flexibility index (Phi) is 7.44. The van der Waals surface area contributed by atoms with Crippen LogP contribution >= 0.6 is 0 Å². The van der Waals surface area contributed by atoms with Crippen LogP contribution in [-0.4, -0.2) is 38.9 Å². The Morgan fingerprint density at radius 1 is 1.12 bits per heavy atom. The van der Waals surface area contributed by atoms with Crippen LogP contribution in [-0.2, 0) is 14.8 Å². The summed E-state index contributed by atoms with van der Waals surface area (Å²) >= 11 is 0. The molecule has 140 valence electrons. The van der Waals surface area contributed by atoms with Crippen LogP contribution < -0.4 is 4.72 Å². The number of hydrogen-bond acceptors (Lipinski definition) is 3.